The molecule has 114 valence electrons. The molecule has 10 heteroatoms. The molecule has 0 aliphatic rings. The molecule has 0 fully saturated rings. The van der Waals surface area contributed by atoms with E-state index in [4.69, 9.17) is 10.3 Å². The van der Waals surface area contributed by atoms with Crippen LogP contribution in [0.1, 0.15) is 5.82 Å². The molecule has 0 aliphatic heterocycles. The second-order valence-corrected chi connectivity index (χ2v) is 4.05. The molecule has 0 unspecified atom stereocenters. The highest BCUT2D eigenvalue weighted by Crippen LogP contribution is 2.23. The van der Waals surface area contributed by atoms with Crippen molar-refractivity contribution in [3.63, 3.8) is 0 Å². The molecule has 0 aromatic carbocycles. The predicted octanol–water partition coefficient (Wildman–Crippen LogP) is 2.13. The summed E-state index contributed by atoms with van der Waals surface area (Å²) in [5, 5.41) is 3.46. The lowest BCUT2D eigenvalue weighted by molar-refractivity contribution is -0.168. The highest BCUT2D eigenvalue weighted by Gasteiger charge is 2.41. The van der Waals surface area contributed by atoms with Gasteiger partial charge in [-0.3, -0.25) is 0 Å². The average molecular weight is 306 g/mol. The molecule has 6 nitrogen and oxygen atoms in total. The fourth-order valence-corrected chi connectivity index (χ4v) is 1.29. The fourth-order valence-electron chi connectivity index (χ4n) is 1.29. The third-order valence-corrected chi connectivity index (χ3v) is 2.32. The molecule has 0 bridgehead atoms. The SMILES string of the molecule is Nc1ccc(-c2nc(COCC(F)(F)C(F)F)no2)nc1. The van der Waals surface area contributed by atoms with Gasteiger partial charge in [0.1, 0.15) is 18.9 Å². The summed E-state index contributed by atoms with van der Waals surface area (Å²) >= 11 is 0. The molecule has 2 aromatic heterocycles. The van der Waals surface area contributed by atoms with Gasteiger partial charge in [-0.15, -0.1) is 0 Å². The molecule has 0 amide bonds. The Kier molecular flexibility index (Phi) is 4.36. The van der Waals surface area contributed by atoms with Crippen molar-refractivity contribution in [2.45, 2.75) is 19.0 Å². The zero-order valence-corrected chi connectivity index (χ0v) is 10.5. The number of alkyl halides is 4. The maximum atomic E-state index is 12.6. The van der Waals surface area contributed by atoms with E-state index in [9.17, 15) is 17.6 Å². The Balaban J connectivity index is 1.93. The van der Waals surface area contributed by atoms with Crippen LogP contribution < -0.4 is 5.73 Å². The van der Waals surface area contributed by atoms with Crippen LogP contribution in [-0.2, 0) is 11.3 Å². The number of ether oxygens (including phenoxy) is 1. The van der Waals surface area contributed by atoms with Crippen molar-refractivity contribution in [1.29, 1.82) is 0 Å². The largest absolute Gasteiger partial charge is 0.397 e. The minimum atomic E-state index is -4.22. The van der Waals surface area contributed by atoms with Crippen molar-refractivity contribution < 1.29 is 26.8 Å². The van der Waals surface area contributed by atoms with Crippen LogP contribution in [0.4, 0.5) is 23.2 Å². The van der Waals surface area contributed by atoms with Crippen LogP contribution in [0.3, 0.4) is 0 Å². The van der Waals surface area contributed by atoms with Crippen LogP contribution >= 0.6 is 0 Å². The van der Waals surface area contributed by atoms with Gasteiger partial charge in [0.15, 0.2) is 5.82 Å². The molecule has 0 atom stereocenters. The number of hydrogen-bond donors (Lipinski definition) is 1. The standard InChI is InChI=1S/C11H10F4N4O2/c12-10(13)11(14,15)5-20-4-8-18-9(21-19-8)7-2-1-6(16)3-17-7/h1-3,10H,4-5,16H2. The maximum absolute atomic E-state index is 12.6. The summed E-state index contributed by atoms with van der Waals surface area (Å²) in [6.45, 7) is -1.92. The lowest BCUT2D eigenvalue weighted by atomic mass is 10.3. The topological polar surface area (TPSA) is 87.1 Å². The van der Waals surface area contributed by atoms with Crippen molar-refractivity contribution >= 4 is 5.69 Å². The first kappa shape index (κ1) is 15.2. The molecular weight excluding hydrogens is 296 g/mol. The Labute approximate surface area is 115 Å². The minimum Gasteiger partial charge on any atom is -0.397 e. The summed E-state index contributed by atoms with van der Waals surface area (Å²) in [6, 6.07) is 3.09. The van der Waals surface area contributed by atoms with Crippen LogP contribution in [0, 0.1) is 0 Å². The molecule has 2 aromatic rings. The molecular formula is C11H10F4N4O2. The predicted molar refractivity (Wildman–Crippen MR) is 62.5 cm³/mol. The number of pyridine rings is 1. The van der Waals surface area contributed by atoms with E-state index in [-0.39, 0.29) is 11.7 Å². The van der Waals surface area contributed by atoms with Gasteiger partial charge in [0.25, 0.3) is 5.89 Å². The molecule has 0 saturated carbocycles. The van der Waals surface area contributed by atoms with E-state index in [0.29, 0.717) is 11.4 Å². The van der Waals surface area contributed by atoms with Crippen LogP contribution in [-0.4, -0.2) is 34.1 Å². The lowest BCUT2D eigenvalue weighted by Gasteiger charge is -2.14. The summed E-state index contributed by atoms with van der Waals surface area (Å²) in [7, 11) is 0. The van der Waals surface area contributed by atoms with Crippen LogP contribution in [0.25, 0.3) is 11.6 Å². The van der Waals surface area contributed by atoms with Crippen molar-refractivity contribution in [1.82, 2.24) is 15.1 Å². The van der Waals surface area contributed by atoms with E-state index in [0.717, 1.165) is 0 Å². The summed E-state index contributed by atoms with van der Waals surface area (Å²) in [4.78, 5) is 7.76. The van der Waals surface area contributed by atoms with Gasteiger partial charge in [0, 0.05) is 0 Å². The normalized spacial score (nSPS) is 12.0. The van der Waals surface area contributed by atoms with E-state index in [1.54, 1.807) is 6.07 Å². The Morgan fingerprint density at radius 1 is 1.33 bits per heavy atom. The van der Waals surface area contributed by atoms with Crippen LogP contribution in [0.2, 0.25) is 0 Å². The molecule has 21 heavy (non-hydrogen) atoms. The van der Waals surface area contributed by atoms with E-state index >= 15 is 0 Å². The van der Waals surface area contributed by atoms with E-state index in [1.165, 1.54) is 12.3 Å². The number of nitrogens with zero attached hydrogens (tertiary/aromatic N) is 3. The van der Waals surface area contributed by atoms with E-state index < -0.39 is 25.6 Å². The van der Waals surface area contributed by atoms with Gasteiger partial charge in [-0.2, -0.15) is 13.8 Å². The van der Waals surface area contributed by atoms with Gasteiger partial charge in [-0.25, -0.2) is 13.8 Å². The number of nitrogens with two attached hydrogens (primary N) is 1. The highest BCUT2D eigenvalue weighted by molar-refractivity contribution is 5.50. The van der Waals surface area contributed by atoms with Gasteiger partial charge in [-0.05, 0) is 12.1 Å². The third kappa shape index (κ3) is 3.88. The Hall–Kier alpha value is -2.23. The highest BCUT2D eigenvalue weighted by atomic mass is 19.3. The number of hydrogen-bond acceptors (Lipinski definition) is 6. The first-order valence-electron chi connectivity index (χ1n) is 5.66. The third-order valence-electron chi connectivity index (χ3n) is 2.32. The van der Waals surface area contributed by atoms with Crippen molar-refractivity contribution in [2.75, 3.05) is 12.3 Å². The number of halogens is 4. The minimum absolute atomic E-state index is 0.0363. The molecule has 2 N–H and O–H groups in total. The molecule has 0 aliphatic carbocycles. The first-order chi connectivity index (χ1) is 9.88. The van der Waals surface area contributed by atoms with E-state index in [1.807, 2.05) is 0 Å². The van der Waals surface area contributed by atoms with Gasteiger partial charge in [0.2, 0.25) is 0 Å². The summed E-state index contributed by atoms with van der Waals surface area (Å²) in [5.74, 6) is -4.24. The van der Waals surface area contributed by atoms with Gasteiger partial charge >= 0.3 is 12.3 Å². The fraction of sp³-hybridized carbons (Fsp3) is 0.364. The van der Waals surface area contributed by atoms with Crippen molar-refractivity contribution in [3.05, 3.63) is 24.2 Å². The average Bonchev–Trinajstić information content (AvgIpc) is 2.88. The summed E-state index contributed by atoms with van der Waals surface area (Å²) in [5.41, 5.74) is 6.23. The molecule has 0 spiro atoms. The molecule has 2 rings (SSSR count). The zero-order chi connectivity index (χ0) is 15.5. The monoisotopic (exact) mass is 306 g/mol. The second-order valence-electron chi connectivity index (χ2n) is 4.05. The Bertz CT molecular complexity index is 588. The van der Waals surface area contributed by atoms with Crippen LogP contribution in [0.5, 0.6) is 0 Å². The number of aromatic nitrogens is 3. The van der Waals surface area contributed by atoms with Crippen molar-refractivity contribution in [3.8, 4) is 11.6 Å². The van der Waals surface area contributed by atoms with Gasteiger partial charge in [0.05, 0.1) is 11.9 Å². The zero-order valence-electron chi connectivity index (χ0n) is 10.5. The molecule has 0 saturated heterocycles. The van der Waals surface area contributed by atoms with Gasteiger partial charge < -0.3 is 15.0 Å². The Morgan fingerprint density at radius 3 is 2.71 bits per heavy atom. The van der Waals surface area contributed by atoms with Crippen molar-refractivity contribution in [2.24, 2.45) is 0 Å². The maximum Gasteiger partial charge on any atom is 0.330 e. The van der Waals surface area contributed by atoms with Gasteiger partial charge in [-0.1, -0.05) is 5.16 Å². The molecule has 2 heterocycles. The quantitative estimate of drug-likeness (QED) is 0.823. The van der Waals surface area contributed by atoms with E-state index in [2.05, 4.69) is 19.9 Å². The Morgan fingerprint density at radius 2 is 2.10 bits per heavy atom. The number of nitrogen functional groups attached to an aromatic ring is 1. The second kappa shape index (κ2) is 6.04. The number of anilines is 1. The first-order valence-corrected chi connectivity index (χ1v) is 5.66. The van der Waals surface area contributed by atoms with Crippen LogP contribution in [0.15, 0.2) is 22.9 Å². The number of rotatable bonds is 6. The molecule has 0 radical (unpaired) electrons. The summed E-state index contributed by atoms with van der Waals surface area (Å²) < 4.78 is 58.3. The summed E-state index contributed by atoms with van der Waals surface area (Å²) in [6.07, 6.45) is -2.42. The lowest BCUT2D eigenvalue weighted by Crippen LogP contribution is -2.32. The smallest absolute Gasteiger partial charge is 0.330 e.